The number of anilines is 3. The maximum Gasteiger partial charge on any atom is 0.247 e. The number of benzene rings is 1. The van der Waals surface area contributed by atoms with Gasteiger partial charge in [0, 0.05) is 30.3 Å². The lowest BCUT2D eigenvalue weighted by Gasteiger charge is -2.04. The molecule has 0 radical (unpaired) electrons. The zero-order valence-electron chi connectivity index (χ0n) is 10.2. The van der Waals surface area contributed by atoms with E-state index < -0.39 is 0 Å². The summed E-state index contributed by atoms with van der Waals surface area (Å²) in [6, 6.07) is 6.25. The van der Waals surface area contributed by atoms with Crippen LogP contribution in [-0.4, -0.2) is 26.1 Å². The number of nitrogens with one attached hydrogen (secondary N) is 2. The number of fused-ring (bicyclic) bond motifs is 2. The summed E-state index contributed by atoms with van der Waals surface area (Å²) in [5, 5.41) is 10.9. The van der Waals surface area contributed by atoms with Gasteiger partial charge in [0.1, 0.15) is 0 Å². The summed E-state index contributed by atoms with van der Waals surface area (Å²) < 4.78 is 1.70. The SMILES string of the molecule is c1cn2nc(Nc3ccc4c(c3)CCN4)nc2cn1. The highest BCUT2D eigenvalue weighted by Gasteiger charge is 2.10. The highest BCUT2D eigenvalue weighted by atomic mass is 15.3. The van der Waals surface area contributed by atoms with Crippen molar-refractivity contribution in [3.8, 4) is 0 Å². The van der Waals surface area contributed by atoms with E-state index in [0.717, 1.165) is 24.3 Å². The van der Waals surface area contributed by atoms with Crippen LogP contribution in [0, 0.1) is 0 Å². The largest absolute Gasteiger partial charge is 0.384 e. The molecule has 3 heterocycles. The van der Waals surface area contributed by atoms with Crippen molar-refractivity contribution in [1.29, 1.82) is 0 Å². The molecule has 1 aromatic carbocycles. The van der Waals surface area contributed by atoms with Gasteiger partial charge >= 0.3 is 0 Å². The molecule has 19 heavy (non-hydrogen) atoms. The van der Waals surface area contributed by atoms with Crippen LogP contribution >= 0.6 is 0 Å². The normalized spacial score (nSPS) is 13.3. The van der Waals surface area contributed by atoms with Crippen LogP contribution in [0.5, 0.6) is 0 Å². The zero-order chi connectivity index (χ0) is 12.7. The highest BCUT2D eigenvalue weighted by Crippen LogP contribution is 2.26. The summed E-state index contributed by atoms with van der Waals surface area (Å²) in [6.07, 6.45) is 6.21. The Labute approximate surface area is 109 Å². The third-order valence-corrected chi connectivity index (χ3v) is 3.21. The van der Waals surface area contributed by atoms with Crippen molar-refractivity contribution in [2.24, 2.45) is 0 Å². The third kappa shape index (κ3) is 1.77. The standard InChI is InChI=1S/C13H12N6/c1-2-11-9(3-4-15-11)7-10(1)16-13-17-12-8-14-5-6-19(12)18-13/h1-2,5-8,15H,3-4H2,(H,16,18). The molecule has 2 N–H and O–H groups in total. The lowest BCUT2D eigenvalue weighted by Crippen LogP contribution is -1.94. The predicted molar refractivity (Wildman–Crippen MR) is 72.7 cm³/mol. The van der Waals surface area contributed by atoms with Crippen LogP contribution in [0.3, 0.4) is 0 Å². The first-order valence-corrected chi connectivity index (χ1v) is 6.19. The molecular formula is C13H12N6. The molecule has 0 saturated carbocycles. The van der Waals surface area contributed by atoms with Crippen LogP contribution < -0.4 is 10.6 Å². The molecule has 0 fully saturated rings. The van der Waals surface area contributed by atoms with Gasteiger partial charge in [0.15, 0.2) is 5.65 Å². The maximum atomic E-state index is 4.36. The average molecular weight is 252 g/mol. The predicted octanol–water partition coefficient (Wildman–Crippen LogP) is 1.84. The summed E-state index contributed by atoms with van der Waals surface area (Å²) >= 11 is 0. The first kappa shape index (κ1) is 10.3. The minimum absolute atomic E-state index is 0.582. The Morgan fingerprint density at radius 1 is 1.32 bits per heavy atom. The van der Waals surface area contributed by atoms with Crippen molar-refractivity contribution in [3.63, 3.8) is 0 Å². The van der Waals surface area contributed by atoms with Crippen molar-refractivity contribution >= 4 is 23.0 Å². The Morgan fingerprint density at radius 3 is 3.26 bits per heavy atom. The van der Waals surface area contributed by atoms with Crippen LogP contribution in [0.4, 0.5) is 17.3 Å². The Hall–Kier alpha value is -2.63. The van der Waals surface area contributed by atoms with Crippen LogP contribution in [0.25, 0.3) is 5.65 Å². The fourth-order valence-corrected chi connectivity index (χ4v) is 2.31. The van der Waals surface area contributed by atoms with Gasteiger partial charge in [-0.3, -0.25) is 4.98 Å². The molecule has 6 nitrogen and oxygen atoms in total. The number of hydrogen-bond acceptors (Lipinski definition) is 5. The molecule has 2 aromatic heterocycles. The Balaban J connectivity index is 1.67. The molecule has 94 valence electrons. The monoisotopic (exact) mass is 252 g/mol. The Bertz CT molecular complexity index is 715. The molecule has 6 heteroatoms. The summed E-state index contributed by atoms with van der Waals surface area (Å²) in [4.78, 5) is 8.39. The topological polar surface area (TPSA) is 67.1 Å². The summed E-state index contributed by atoms with van der Waals surface area (Å²) in [7, 11) is 0. The quantitative estimate of drug-likeness (QED) is 0.728. The Kier molecular flexibility index (Phi) is 2.14. The number of rotatable bonds is 2. The second kappa shape index (κ2) is 3.94. The first-order valence-electron chi connectivity index (χ1n) is 6.19. The first-order chi connectivity index (χ1) is 9.38. The van der Waals surface area contributed by atoms with E-state index in [0.29, 0.717) is 5.95 Å². The van der Waals surface area contributed by atoms with E-state index in [1.807, 2.05) is 6.07 Å². The van der Waals surface area contributed by atoms with Gasteiger partial charge in [-0.2, -0.15) is 4.98 Å². The van der Waals surface area contributed by atoms with Crippen molar-refractivity contribution < 1.29 is 0 Å². The van der Waals surface area contributed by atoms with Crippen LogP contribution in [-0.2, 0) is 6.42 Å². The third-order valence-electron chi connectivity index (χ3n) is 3.21. The van der Waals surface area contributed by atoms with Gasteiger partial charge in [0.05, 0.1) is 6.20 Å². The molecule has 4 rings (SSSR count). The van der Waals surface area contributed by atoms with Crippen LogP contribution in [0.2, 0.25) is 0 Å². The fourth-order valence-electron chi connectivity index (χ4n) is 2.31. The highest BCUT2D eigenvalue weighted by molar-refractivity contribution is 5.65. The number of nitrogens with zero attached hydrogens (tertiary/aromatic N) is 4. The molecule has 0 amide bonds. The molecule has 0 unspecified atom stereocenters. The minimum atomic E-state index is 0.582. The smallest absolute Gasteiger partial charge is 0.247 e. The number of aromatic nitrogens is 4. The van der Waals surface area contributed by atoms with Crippen molar-refractivity contribution in [2.45, 2.75) is 6.42 Å². The zero-order valence-corrected chi connectivity index (χ0v) is 10.2. The molecule has 0 bridgehead atoms. The second-order valence-corrected chi connectivity index (χ2v) is 4.49. The lowest BCUT2D eigenvalue weighted by atomic mass is 10.1. The average Bonchev–Trinajstić information content (AvgIpc) is 3.03. The van der Waals surface area contributed by atoms with E-state index in [1.165, 1.54) is 11.3 Å². The molecule has 0 aliphatic carbocycles. The van der Waals surface area contributed by atoms with Crippen molar-refractivity contribution in [1.82, 2.24) is 19.6 Å². The van der Waals surface area contributed by atoms with E-state index >= 15 is 0 Å². The fraction of sp³-hybridized carbons (Fsp3) is 0.154. The van der Waals surface area contributed by atoms with Gasteiger partial charge in [0.25, 0.3) is 0 Å². The minimum Gasteiger partial charge on any atom is -0.384 e. The van der Waals surface area contributed by atoms with Crippen LogP contribution in [0.15, 0.2) is 36.8 Å². The van der Waals surface area contributed by atoms with Gasteiger partial charge in [0.2, 0.25) is 5.95 Å². The summed E-state index contributed by atoms with van der Waals surface area (Å²) in [6.45, 7) is 1.01. The molecule has 1 aliphatic rings. The molecule has 0 spiro atoms. The van der Waals surface area contributed by atoms with Gasteiger partial charge < -0.3 is 10.6 Å². The van der Waals surface area contributed by atoms with Gasteiger partial charge in [-0.25, -0.2) is 4.52 Å². The van der Waals surface area contributed by atoms with Crippen LogP contribution in [0.1, 0.15) is 5.56 Å². The molecule has 0 saturated heterocycles. The summed E-state index contributed by atoms with van der Waals surface area (Å²) in [5.74, 6) is 0.582. The van der Waals surface area contributed by atoms with E-state index in [4.69, 9.17) is 0 Å². The van der Waals surface area contributed by atoms with Crippen molar-refractivity contribution in [2.75, 3.05) is 17.2 Å². The Morgan fingerprint density at radius 2 is 2.32 bits per heavy atom. The van der Waals surface area contributed by atoms with Gasteiger partial charge in [-0.05, 0) is 30.2 Å². The lowest BCUT2D eigenvalue weighted by molar-refractivity contribution is 0.950. The van der Waals surface area contributed by atoms with Gasteiger partial charge in [-0.15, -0.1) is 5.10 Å². The second-order valence-electron chi connectivity index (χ2n) is 4.49. The molecular weight excluding hydrogens is 240 g/mol. The van der Waals surface area contributed by atoms with E-state index in [9.17, 15) is 0 Å². The maximum absolute atomic E-state index is 4.36. The summed E-state index contributed by atoms with van der Waals surface area (Å²) in [5.41, 5.74) is 4.28. The van der Waals surface area contributed by atoms with E-state index in [2.05, 4.69) is 37.8 Å². The molecule has 1 aliphatic heterocycles. The van der Waals surface area contributed by atoms with E-state index in [1.54, 1.807) is 23.1 Å². The van der Waals surface area contributed by atoms with Gasteiger partial charge in [-0.1, -0.05) is 0 Å². The number of hydrogen-bond donors (Lipinski definition) is 2. The molecule has 3 aromatic rings. The van der Waals surface area contributed by atoms with E-state index in [-0.39, 0.29) is 0 Å². The molecule has 0 atom stereocenters. The van der Waals surface area contributed by atoms with Crippen molar-refractivity contribution in [3.05, 3.63) is 42.4 Å².